The van der Waals surface area contributed by atoms with E-state index in [-0.39, 0.29) is 1.43 Å². The van der Waals surface area contributed by atoms with Gasteiger partial charge < -0.3 is 10.2 Å². The van der Waals surface area contributed by atoms with Crippen molar-refractivity contribution in [3.8, 4) is 5.69 Å². The van der Waals surface area contributed by atoms with Crippen molar-refractivity contribution in [2.24, 2.45) is 0 Å². The van der Waals surface area contributed by atoms with E-state index in [1.165, 1.54) is 50.0 Å². The van der Waals surface area contributed by atoms with Gasteiger partial charge in [0, 0.05) is 45.0 Å². The largest absolute Gasteiger partial charge is 0.369 e. The molecule has 1 aliphatic heterocycles. The normalized spacial score (nSPS) is 18.1. The van der Waals surface area contributed by atoms with Crippen molar-refractivity contribution in [3.63, 3.8) is 0 Å². The highest BCUT2D eigenvalue weighted by Gasteiger charge is 2.26. The molecular formula is C24H32N6. The number of aromatic nitrogens is 3. The summed E-state index contributed by atoms with van der Waals surface area (Å²) < 4.78 is 1.79. The number of nitrogens with zero attached hydrogens (tertiary/aromatic N) is 5. The van der Waals surface area contributed by atoms with E-state index in [4.69, 9.17) is 0 Å². The van der Waals surface area contributed by atoms with Crippen molar-refractivity contribution in [3.05, 3.63) is 60.4 Å². The van der Waals surface area contributed by atoms with Crippen molar-refractivity contribution >= 4 is 17.3 Å². The summed E-state index contributed by atoms with van der Waals surface area (Å²) in [5.41, 5.74) is 4.57. The van der Waals surface area contributed by atoms with E-state index in [2.05, 4.69) is 50.3 Å². The zero-order valence-corrected chi connectivity index (χ0v) is 17.7. The van der Waals surface area contributed by atoms with Gasteiger partial charge in [0.25, 0.3) is 0 Å². The first-order valence-corrected chi connectivity index (χ1v) is 11.1. The first-order valence-electron chi connectivity index (χ1n) is 11.1. The zero-order valence-electron chi connectivity index (χ0n) is 17.7. The van der Waals surface area contributed by atoms with Crippen molar-refractivity contribution in [2.75, 3.05) is 36.4 Å². The van der Waals surface area contributed by atoms with Crippen molar-refractivity contribution < 1.29 is 1.43 Å². The van der Waals surface area contributed by atoms with Gasteiger partial charge >= 0.3 is 0 Å². The van der Waals surface area contributed by atoms with Crippen LogP contribution in [0.2, 0.25) is 0 Å². The highest BCUT2D eigenvalue weighted by Crippen LogP contribution is 2.28. The molecule has 2 heterocycles. The van der Waals surface area contributed by atoms with Crippen molar-refractivity contribution in [1.82, 2.24) is 19.7 Å². The maximum Gasteiger partial charge on any atom is 0.246 e. The summed E-state index contributed by atoms with van der Waals surface area (Å²) in [7, 11) is 0. The molecule has 1 aliphatic carbocycles. The van der Waals surface area contributed by atoms with Crippen LogP contribution in [-0.4, -0.2) is 51.9 Å². The summed E-state index contributed by atoms with van der Waals surface area (Å²) in [4.78, 5) is 9.65. The van der Waals surface area contributed by atoms with Crippen LogP contribution in [-0.2, 0) is 0 Å². The Morgan fingerprint density at radius 1 is 0.933 bits per heavy atom. The third kappa shape index (κ3) is 4.19. The molecule has 2 aromatic carbocycles. The minimum atomic E-state index is 0. The molecule has 5 rings (SSSR count). The fourth-order valence-electron chi connectivity index (χ4n) is 4.79. The second kappa shape index (κ2) is 8.48. The molecule has 2 fully saturated rings. The van der Waals surface area contributed by atoms with Crippen molar-refractivity contribution in [1.29, 1.82) is 0 Å². The first kappa shape index (κ1) is 19.1. The van der Waals surface area contributed by atoms with Gasteiger partial charge in [-0.05, 0) is 55.7 Å². The fourth-order valence-corrected chi connectivity index (χ4v) is 4.79. The Labute approximate surface area is 180 Å². The van der Waals surface area contributed by atoms with E-state index in [1.807, 2.05) is 30.3 Å². The minimum absolute atomic E-state index is 0. The Morgan fingerprint density at radius 3 is 2.47 bits per heavy atom. The van der Waals surface area contributed by atoms with Crippen LogP contribution in [0, 0.1) is 6.92 Å². The van der Waals surface area contributed by atoms with E-state index in [0.717, 1.165) is 30.5 Å². The van der Waals surface area contributed by atoms with Crippen molar-refractivity contribution in [2.45, 2.75) is 38.6 Å². The molecule has 158 valence electrons. The number of hydrogen-bond donors (Lipinski definition) is 1. The number of hydrogen-bond acceptors (Lipinski definition) is 5. The molecule has 1 saturated heterocycles. The van der Waals surface area contributed by atoms with E-state index in [9.17, 15) is 0 Å². The lowest BCUT2D eigenvalue weighted by atomic mass is 10.1. The number of para-hydroxylation sites is 1. The summed E-state index contributed by atoms with van der Waals surface area (Å²) in [6.45, 7) is 6.69. The number of nitrogens with one attached hydrogen (secondary N) is 1. The molecule has 3 aromatic rings. The van der Waals surface area contributed by atoms with Crippen LogP contribution in [0.1, 0.15) is 32.7 Å². The predicted octanol–water partition coefficient (Wildman–Crippen LogP) is 4.63. The molecule has 30 heavy (non-hydrogen) atoms. The zero-order chi connectivity index (χ0) is 20.3. The maximum atomic E-state index is 4.58. The topological polar surface area (TPSA) is 49.2 Å². The molecule has 1 saturated carbocycles. The predicted molar refractivity (Wildman–Crippen MR) is 124 cm³/mol. The van der Waals surface area contributed by atoms with Gasteiger partial charge in [-0.25, -0.2) is 4.68 Å². The quantitative estimate of drug-likeness (QED) is 0.672. The lowest BCUT2D eigenvalue weighted by Crippen LogP contribution is -2.49. The van der Waals surface area contributed by atoms with E-state index < -0.39 is 0 Å². The van der Waals surface area contributed by atoms with Gasteiger partial charge in [-0.2, -0.15) is 4.98 Å². The molecule has 1 aromatic heterocycles. The third-order valence-corrected chi connectivity index (χ3v) is 6.35. The van der Waals surface area contributed by atoms with Crippen LogP contribution in [0.3, 0.4) is 0 Å². The van der Waals surface area contributed by atoms with Gasteiger partial charge in [0.2, 0.25) is 5.95 Å². The standard InChI is InChI=1S/C24H30N6.H2/c1-19-15-20(26-24-25-18-30(27-24)22-9-3-2-4-10-22)17-23(16-19)29-13-11-28(12-14-29)21-7-5-6-8-21;/h2-4,9-10,15-18,21H,5-8,11-14H2,1H3,(H,26,27);1H. The fraction of sp³-hybridized carbons (Fsp3) is 0.417. The Morgan fingerprint density at radius 2 is 1.70 bits per heavy atom. The van der Waals surface area contributed by atoms with Gasteiger partial charge in [-0.1, -0.05) is 31.0 Å². The van der Waals surface area contributed by atoms with Gasteiger partial charge in [-0.15, -0.1) is 5.10 Å². The van der Waals surface area contributed by atoms with Gasteiger partial charge in [0.15, 0.2) is 0 Å². The maximum absolute atomic E-state index is 4.58. The summed E-state index contributed by atoms with van der Waals surface area (Å²) in [6, 6.07) is 17.5. The van der Waals surface area contributed by atoms with Gasteiger partial charge in [0.1, 0.15) is 6.33 Å². The number of rotatable bonds is 5. The highest BCUT2D eigenvalue weighted by molar-refractivity contribution is 5.64. The average Bonchev–Trinajstić information content (AvgIpc) is 3.47. The van der Waals surface area contributed by atoms with Gasteiger partial charge in [0.05, 0.1) is 5.69 Å². The summed E-state index contributed by atoms with van der Waals surface area (Å²) in [5.74, 6) is 0.612. The number of benzene rings is 2. The van der Waals surface area contributed by atoms with Crippen LogP contribution in [0.15, 0.2) is 54.9 Å². The number of piperazine rings is 1. The summed E-state index contributed by atoms with van der Waals surface area (Å²) in [6.07, 6.45) is 7.34. The first-order chi connectivity index (χ1) is 14.7. The van der Waals surface area contributed by atoms with Crippen LogP contribution in [0.25, 0.3) is 5.69 Å². The molecule has 6 heteroatoms. The Balaban J connectivity index is 0.00000231. The van der Waals surface area contributed by atoms with Crippen LogP contribution in [0.4, 0.5) is 17.3 Å². The Kier molecular flexibility index (Phi) is 5.41. The molecule has 2 aliphatic rings. The molecule has 1 N–H and O–H groups in total. The number of aryl methyl sites for hydroxylation is 1. The molecule has 0 bridgehead atoms. The van der Waals surface area contributed by atoms with E-state index in [0.29, 0.717) is 5.95 Å². The SMILES string of the molecule is Cc1cc(Nc2ncn(-c3ccccc3)n2)cc(N2CCN(C3CCCC3)CC2)c1.[HH]. The second-order valence-corrected chi connectivity index (χ2v) is 8.49. The van der Waals surface area contributed by atoms with E-state index in [1.54, 1.807) is 11.0 Å². The molecule has 6 nitrogen and oxygen atoms in total. The summed E-state index contributed by atoms with van der Waals surface area (Å²) >= 11 is 0. The van der Waals surface area contributed by atoms with Gasteiger partial charge in [-0.3, -0.25) is 4.90 Å². The molecule has 0 spiro atoms. The smallest absolute Gasteiger partial charge is 0.246 e. The molecule has 0 unspecified atom stereocenters. The lowest BCUT2D eigenvalue weighted by Gasteiger charge is -2.39. The van der Waals surface area contributed by atoms with E-state index >= 15 is 0 Å². The monoisotopic (exact) mass is 404 g/mol. The molecule has 0 radical (unpaired) electrons. The molecular weight excluding hydrogens is 372 g/mol. The minimum Gasteiger partial charge on any atom is -0.369 e. The number of anilines is 3. The summed E-state index contributed by atoms with van der Waals surface area (Å²) in [5, 5.41) is 7.96. The second-order valence-electron chi connectivity index (χ2n) is 8.49. The average molecular weight is 405 g/mol. The van der Waals surface area contributed by atoms with Crippen LogP contribution >= 0.6 is 0 Å². The Hall–Kier alpha value is -2.86. The Bertz CT molecular complexity index is 975. The lowest BCUT2D eigenvalue weighted by molar-refractivity contribution is 0.187. The molecule has 0 atom stereocenters. The molecule has 0 amide bonds. The van der Waals surface area contributed by atoms with Crippen LogP contribution in [0.5, 0.6) is 0 Å². The van der Waals surface area contributed by atoms with Crippen LogP contribution < -0.4 is 10.2 Å². The highest BCUT2D eigenvalue weighted by atomic mass is 15.4. The third-order valence-electron chi connectivity index (χ3n) is 6.35.